The number of aryl methyl sites for hydroxylation is 1. The van der Waals surface area contributed by atoms with Crippen molar-refractivity contribution < 1.29 is 5.11 Å². The molecule has 0 aliphatic heterocycles. The van der Waals surface area contributed by atoms with Crippen LogP contribution < -0.4 is 5.32 Å². The standard InChI is InChI=1S/C17H19N5O/c23-9-8-22-17-14(10-20-22)16(18-11-19-17)21-15-7-3-5-12-4-1-2-6-13(12)15/h1-2,4,6,10-11,15,23H,3,5,7-9H2,(H,18,19,21)/t15-/m0/s1. The molecule has 0 amide bonds. The third-order valence-electron chi connectivity index (χ3n) is 4.43. The van der Waals surface area contributed by atoms with E-state index in [-0.39, 0.29) is 12.6 Å². The molecule has 1 atom stereocenters. The maximum absolute atomic E-state index is 9.12. The zero-order valence-electron chi connectivity index (χ0n) is 12.8. The van der Waals surface area contributed by atoms with Gasteiger partial charge in [-0.05, 0) is 30.4 Å². The van der Waals surface area contributed by atoms with Crippen LogP contribution in [-0.2, 0) is 13.0 Å². The van der Waals surface area contributed by atoms with E-state index in [1.165, 1.54) is 17.5 Å². The van der Waals surface area contributed by atoms with Crippen molar-refractivity contribution in [1.29, 1.82) is 0 Å². The number of hydrogen-bond acceptors (Lipinski definition) is 5. The molecule has 4 rings (SSSR count). The minimum Gasteiger partial charge on any atom is -0.394 e. The van der Waals surface area contributed by atoms with Crippen LogP contribution in [0.1, 0.15) is 30.0 Å². The molecule has 0 radical (unpaired) electrons. The SMILES string of the molecule is OCCn1ncc2c(N[C@H]3CCCc4ccccc43)ncnc21. The molecular weight excluding hydrogens is 290 g/mol. The molecular formula is C17H19N5O. The minimum atomic E-state index is 0.0412. The highest BCUT2D eigenvalue weighted by atomic mass is 16.3. The van der Waals surface area contributed by atoms with Crippen molar-refractivity contribution in [1.82, 2.24) is 19.7 Å². The minimum absolute atomic E-state index is 0.0412. The maximum Gasteiger partial charge on any atom is 0.163 e. The second-order valence-corrected chi connectivity index (χ2v) is 5.84. The number of nitrogens with zero attached hydrogens (tertiary/aromatic N) is 4. The Morgan fingerprint density at radius 1 is 1.26 bits per heavy atom. The molecule has 2 aromatic heterocycles. The number of rotatable bonds is 4. The molecule has 1 aliphatic rings. The zero-order valence-corrected chi connectivity index (χ0v) is 12.8. The summed E-state index contributed by atoms with van der Waals surface area (Å²) in [4.78, 5) is 8.71. The van der Waals surface area contributed by atoms with Crippen LogP contribution in [0.4, 0.5) is 5.82 Å². The van der Waals surface area contributed by atoms with E-state index >= 15 is 0 Å². The summed E-state index contributed by atoms with van der Waals surface area (Å²) < 4.78 is 1.71. The predicted octanol–water partition coefficient (Wildman–Crippen LogP) is 2.31. The van der Waals surface area contributed by atoms with E-state index in [4.69, 9.17) is 5.11 Å². The van der Waals surface area contributed by atoms with Gasteiger partial charge >= 0.3 is 0 Å². The number of aromatic nitrogens is 4. The number of aliphatic hydroxyl groups is 1. The highest BCUT2D eigenvalue weighted by Gasteiger charge is 2.21. The third-order valence-corrected chi connectivity index (χ3v) is 4.43. The molecule has 3 aromatic rings. The Balaban J connectivity index is 1.69. The van der Waals surface area contributed by atoms with Crippen LogP contribution >= 0.6 is 0 Å². The van der Waals surface area contributed by atoms with E-state index in [9.17, 15) is 0 Å². The van der Waals surface area contributed by atoms with Crippen molar-refractivity contribution in [3.63, 3.8) is 0 Å². The quantitative estimate of drug-likeness (QED) is 0.773. The van der Waals surface area contributed by atoms with E-state index in [1.807, 2.05) is 0 Å². The summed E-state index contributed by atoms with van der Waals surface area (Å²) in [5, 5.41) is 17.9. The topological polar surface area (TPSA) is 75.9 Å². The van der Waals surface area contributed by atoms with Gasteiger partial charge in [-0.15, -0.1) is 0 Å². The molecule has 0 unspecified atom stereocenters. The number of hydrogen-bond donors (Lipinski definition) is 2. The Hall–Kier alpha value is -2.47. The van der Waals surface area contributed by atoms with Gasteiger partial charge in [0.2, 0.25) is 0 Å². The van der Waals surface area contributed by atoms with Gasteiger partial charge in [-0.2, -0.15) is 5.10 Å². The van der Waals surface area contributed by atoms with Gasteiger partial charge in [0.05, 0.1) is 30.8 Å². The van der Waals surface area contributed by atoms with Crippen molar-refractivity contribution in [3.05, 3.63) is 47.9 Å². The summed E-state index contributed by atoms with van der Waals surface area (Å²) in [5.74, 6) is 0.806. The van der Waals surface area contributed by atoms with Gasteiger partial charge in [0, 0.05) is 0 Å². The number of benzene rings is 1. The van der Waals surface area contributed by atoms with Crippen molar-refractivity contribution in [3.8, 4) is 0 Å². The highest BCUT2D eigenvalue weighted by molar-refractivity contribution is 5.86. The molecule has 2 heterocycles. The number of nitrogens with one attached hydrogen (secondary N) is 1. The molecule has 0 saturated carbocycles. The second kappa shape index (κ2) is 5.96. The lowest BCUT2D eigenvalue weighted by molar-refractivity contribution is 0.271. The Bertz CT molecular complexity index is 829. The Labute approximate surface area is 134 Å². The summed E-state index contributed by atoms with van der Waals surface area (Å²) >= 11 is 0. The number of anilines is 1. The molecule has 0 saturated heterocycles. The monoisotopic (exact) mass is 309 g/mol. The van der Waals surface area contributed by atoms with Crippen LogP contribution in [0.25, 0.3) is 11.0 Å². The normalized spacial score (nSPS) is 17.2. The van der Waals surface area contributed by atoms with Gasteiger partial charge in [-0.3, -0.25) is 0 Å². The van der Waals surface area contributed by atoms with Gasteiger partial charge < -0.3 is 10.4 Å². The molecule has 118 valence electrons. The van der Waals surface area contributed by atoms with E-state index in [1.54, 1.807) is 17.2 Å². The molecule has 1 aliphatic carbocycles. The summed E-state index contributed by atoms with van der Waals surface area (Å²) in [7, 11) is 0. The first-order valence-electron chi connectivity index (χ1n) is 7.98. The second-order valence-electron chi connectivity index (χ2n) is 5.84. The fourth-order valence-corrected chi connectivity index (χ4v) is 3.34. The van der Waals surface area contributed by atoms with Crippen LogP contribution in [0.15, 0.2) is 36.8 Å². The average molecular weight is 309 g/mol. The van der Waals surface area contributed by atoms with Crippen LogP contribution in [0.2, 0.25) is 0 Å². The first-order chi connectivity index (χ1) is 11.4. The van der Waals surface area contributed by atoms with Gasteiger partial charge in [-0.1, -0.05) is 24.3 Å². The van der Waals surface area contributed by atoms with Gasteiger partial charge in [0.15, 0.2) is 5.65 Å². The largest absolute Gasteiger partial charge is 0.394 e. The van der Waals surface area contributed by atoms with Gasteiger partial charge in [0.25, 0.3) is 0 Å². The lowest BCUT2D eigenvalue weighted by atomic mass is 9.88. The van der Waals surface area contributed by atoms with Crippen LogP contribution in [-0.4, -0.2) is 31.5 Å². The average Bonchev–Trinajstić information content (AvgIpc) is 3.00. The maximum atomic E-state index is 9.12. The van der Waals surface area contributed by atoms with Gasteiger partial charge in [-0.25, -0.2) is 14.6 Å². The van der Waals surface area contributed by atoms with E-state index < -0.39 is 0 Å². The fraction of sp³-hybridized carbons (Fsp3) is 0.353. The summed E-state index contributed by atoms with van der Waals surface area (Å²) in [6.45, 7) is 0.478. The van der Waals surface area contributed by atoms with Crippen LogP contribution in [0.3, 0.4) is 0 Å². The molecule has 0 fully saturated rings. The fourth-order valence-electron chi connectivity index (χ4n) is 3.34. The van der Waals surface area contributed by atoms with Gasteiger partial charge in [0.1, 0.15) is 12.1 Å². The molecule has 23 heavy (non-hydrogen) atoms. The summed E-state index contributed by atoms with van der Waals surface area (Å²) in [6, 6.07) is 8.85. The number of fused-ring (bicyclic) bond motifs is 2. The zero-order chi connectivity index (χ0) is 15.6. The van der Waals surface area contributed by atoms with E-state index in [0.717, 1.165) is 29.7 Å². The van der Waals surface area contributed by atoms with Crippen molar-refractivity contribution in [2.45, 2.75) is 31.8 Å². The molecule has 2 N–H and O–H groups in total. The molecule has 6 nitrogen and oxygen atoms in total. The molecule has 6 heteroatoms. The third kappa shape index (κ3) is 2.55. The Morgan fingerprint density at radius 2 is 2.17 bits per heavy atom. The molecule has 1 aromatic carbocycles. The van der Waals surface area contributed by atoms with E-state index in [2.05, 4.69) is 44.6 Å². The van der Waals surface area contributed by atoms with Crippen LogP contribution in [0.5, 0.6) is 0 Å². The Kier molecular flexibility index (Phi) is 3.67. The van der Waals surface area contributed by atoms with Crippen LogP contribution in [0, 0.1) is 0 Å². The van der Waals surface area contributed by atoms with Crippen molar-refractivity contribution in [2.75, 3.05) is 11.9 Å². The highest BCUT2D eigenvalue weighted by Crippen LogP contribution is 2.33. The van der Waals surface area contributed by atoms with Crippen molar-refractivity contribution >= 4 is 16.9 Å². The summed E-state index contributed by atoms with van der Waals surface area (Å²) in [6.07, 6.45) is 6.72. The first kappa shape index (κ1) is 14.1. The Morgan fingerprint density at radius 3 is 3.09 bits per heavy atom. The first-order valence-corrected chi connectivity index (χ1v) is 7.98. The van der Waals surface area contributed by atoms with E-state index in [0.29, 0.717) is 6.54 Å². The smallest absolute Gasteiger partial charge is 0.163 e. The number of aliphatic hydroxyl groups excluding tert-OH is 1. The predicted molar refractivity (Wildman–Crippen MR) is 88.2 cm³/mol. The lowest BCUT2D eigenvalue weighted by Gasteiger charge is -2.26. The molecule has 0 spiro atoms. The molecule has 0 bridgehead atoms. The van der Waals surface area contributed by atoms with Crippen molar-refractivity contribution in [2.24, 2.45) is 0 Å². The lowest BCUT2D eigenvalue weighted by Crippen LogP contribution is -2.18. The summed E-state index contributed by atoms with van der Waals surface area (Å²) in [5.41, 5.74) is 3.52.